The number of halogens is 4. The molecule has 2 rings (SSSR count). The van der Waals surface area contributed by atoms with Crippen molar-refractivity contribution in [1.29, 1.82) is 0 Å². The number of ether oxygens (including phenoxy) is 1. The fraction of sp³-hybridized carbons (Fsp3) is 0.154. The normalized spacial score (nSPS) is 12.0. The first kappa shape index (κ1) is 18.6. The number of rotatable bonds is 4. The summed E-state index contributed by atoms with van der Waals surface area (Å²) < 4.78 is 69.2. The van der Waals surface area contributed by atoms with E-state index in [4.69, 9.17) is 11.6 Å². The van der Waals surface area contributed by atoms with Gasteiger partial charge in [0, 0.05) is 5.38 Å². The average molecular weight is 400 g/mol. The van der Waals surface area contributed by atoms with Gasteiger partial charge < -0.3 is 4.74 Å². The first-order valence-corrected chi connectivity index (χ1v) is 8.85. The van der Waals surface area contributed by atoms with Crippen LogP contribution in [0.1, 0.15) is 15.9 Å². The van der Waals surface area contributed by atoms with Crippen LogP contribution >= 0.6 is 22.9 Å². The van der Waals surface area contributed by atoms with Gasteiger partial charge in [0.05, 0.1) is 28.8 Å². The molecule has 0 aliphatic carbocycles. The predicted octanol–water partition coefficient (Wildman–Crippen LogP) is 4.01. The Bertz CT molecular complexity index is 878. The van der Waals surface area contributed by atoms with Crippen LogP contribution in [0.3, 0.4) is 0 Å². The molecule has 0 fully saturated rings. The van der Waals surface area contributed by atoms with E-state index in [1.807, 2.05) is 4.72 Å². The van der Waals surface area contributed by atoms with Crippen molar-refractivity contribution in [2.75, 3.05) is 11.8 Å². The molecule has 0 aliphatic rings. The SMILES string of the molecule is COC(=O)c1csc(Cl)c1NS(=O)(=O)c1cccc(C(F)(F)F)c1. The maximum absolute atomic E-state index is 12.7. The Balaban J connectivity index is 2.44. The molecule has 0 amide bonds. The van der Waals surface area contributed by atoms with Crippen LogP contribution in [0.15, 0.2) is 34.5 Å². The summed E-state index contributed by atoms with van der Waals surface area (Å²) in [7, 11) is -3.29. The van der Waals surface area contributed by atoms with Crippen molar-refractivity contribution in [3.05, 3.63) is 45.1 Å². The predicted molar refractivity (Wildman–Crippen MR) is 82.9 cm³/mol. The fourth-order valence-corrected chi connectivity index (χ4v) is 3.98. The molecule has 0 saturated heterocycles. The second-order valence-electron chi connectivity index (χ2n) is 4.42. The molecule has 1 N–H and O–H groups in total. The van der Waals surface area contributed by atoms with Crippen LogP contribution in [0.5, 0.6) is 0 Å². The van der Waals surface area contributed by atoms with Crippen molar-refractivity contribution >= 4 is 44.6 Å². The van der Waals surface area contributed by atoms with Crippen molar-refractivity contribution in [2.45, 2.75) is 11.1 Å². The molecule has 0 radical (unpaired) electrons. The number of thiophene rings is 1. The Kier molecular flexibility index (Phi) is 5.11. The Morgan fingerprint density at radius 1 is 1.33 bits per heavy atom. The Morgan fingerprint density at radius 3 is 2.58 bits per heavy atom. The summed E-state index contributed by atoms with van der Waals surface area (Å²) >= 11 is 6.72. The summed E-state index contributed by atoms with van der Waals surface area (Å²) in [5.74, 6) is -0.833. The molecule has 5 nitrogen and oxygen atoms in total. The summed E-state index contributed by atoms with van der Waals surface area (Å²) in [6.45, 7) is 0. The molecule has 130 valence electrons. The molecule has 0 spiro atoms. The minimum absolute atomic E-state index is 0.0500. The topological polar surface area (TPSA) is 72.5 Å². The molecule has 0 bridgehead atoms. The van der Waals surface area contributed by atoms with Crippen molar-refractivity contribution in [1.82, 2.24) is 0 Å². The van der Waals surface area contributed by atoms with Crippen LogP contribution in [0, 0.1) is 0 Å². The number of hydrogen-bond acceptors (Lipinski definition) is 5. The summed E-state index contributed by atoms with van der Waals surface area (Å²) in [6, 6.07) is 3.19. The van der Waals surface area contributed by atoms with E-state index in [-0.39, 0.29) is 15.6 Å². The zero-order valence-corrected chi connectivity index (χ0v) is 14.2. The highest BCUT2D eigenvalue weighted by atomic mass is 35.5. The van der Waals surface area contributed by atoms with E-state index in [0.29, 0.717) is 6.07 Å². The van der Waals surface area contributed by atoms with E-state index in [1.165, 1.54) is 5.38 Å². The summed E-state index contributed by atoms with van der Waals surface area (Å²) in [5.41, 5.74) is -1.50. The van der Waals surface area contributed by atoms with Crippen molar-refractivity contribution in [2.24, 2.45) is 0 Å². The third-order valence-electron chi connectivity index (χ3n) is 2.86. The van der Waals surface area contributed by atoms with Gasteiger partial charge in [0.1, 0.15) is 4.34 Å². The molecule has 2 aromatic rings. The first-order chi connectivity index (χ1) is 11.1. The van der Waals surface area contributed by atoms with Gasteiger partial charge in [-0.15, -0.1) is 11.3 Å². The van der Waals surface area contributed by atoms with Gasteiger partial charge in [0.15, 0.2) is 0 Å². The van der Waals surface area contributed by atoms with Crippen molar-refractivity contribution in [3.63, 3.8) is 0 Å². The van der Waals surface area contributed by atoms with Crippen LogP contribution in [-0.2, 0) is 20.9 Å². The standard InChI is InChI=1S/C13H9ClF3NO4S2/c1-22-12(19)9-6-23-11(14)10(9)18-24(20,21)8-4-2-3-7(5-8)13(15,16)17/h2-6,18H,1H3. The zero-order chi connectivity index (χ0) is 18.1. The number of benzene rings is 1. The van der Waals surface area contributed by atoms with Gasteiger partial charge in [-0.05, 0) is 18.2 Å². The van der Waals surface area contributed by atoms with Gasteiger partial charge >= 0.3 is 12.1 Å². The van der Waals surface area contributed by atoms with Gasteiger partial charge in [0.2, 0.25) is 0 Å². The third-order valence-corrected chi connectivity index (χ3v) is 5.43. The van der Waals surface area contributed by atoms with Crippen LogP contribution in [0.4, 0.5) is 18.9 Å². The highest BCUT2D eigenvalue weighted by Crippen LogP contribution is 2.36. The number of anilines is 1. The van der Waals surface area contributed by atoms with Crippen LogP contribution < -0.4 is 4.72 Å². The Hall–Kier alpha value is -1.78. The lowest BCUT2D eigenvalue weighted by molar-refractivity contribution is -0.137. The average Bonchev–Trinajstić information content (AvgIpc) is 2.86. The van der Waals surface area contributed by atoms with E-state index < -0.39 is 32.6 Å². The number of esters is 1. The highest BCUT2D eigenvalue weighted by Gasteiger charge is 2.32. The maximum Gasteiger partial charge on any atom is 0.416 e. The number of methoxy groups -OCH3 is 1. The van der Waals surface area contributed by atoms with Crippen molar-refractivity contribution < 1.29 is 31.1 Å². The lowest BCUT2D eigenvalue weighted by Gasteiger charge is -2.11. The van der Waals surface area contributed by atoms with E-state index >= 15 is 0 Å². The number of hydrogen-bond donors (Lipinski definition) is 1. The lowest BCUT2D eigenvalue weighted by Crippen LogP contribution is -2.16. The van der Waals surface area contributed by atoms with Crippen molar-refractivity contribution in [3.8, 4) is 0 Å². The minimum atomic E-state index is -4.69. The second kappa shape index (κ2) is 6.61. The molecule has 1 aromatic carbocycles. The number of carbonyl (C=O) groups is 1. The van der Waals surface area contributed by atoms with Crippen LogP contribution in [0.25, 0.3) is 0 Å². The monoisotopic (exact) mass is 399 g/mol. The largest absolute Gasteiger partial charge is 0.465 e. The van der Waals surface area contributed by atoms with E-state index in [9.17, 15) is 26.4 Å². The van der Waals surface area contributed by atoms with Gasteiger partial charge in [-0.2, -0.15) is 13.2 Å². The Morgan fingerprint density at radius 2 is 2.00 bits per heavy atom. The number of carbonyl (C=O) groups excluding carboxylic acids is 1. The molecule has 1 aromatic heterocycles. The van der Waals surface area contributed by atoms with E-state index in [1.54, 1.807) is 0 Å². The molecule has 24 heavy (non-hydrogen) atoms. The highest BCUT2D eigenvalue weighted by molar-refractivity contribution is 7.92. The minimum Gasteiger partial charge on any atom is -0.465 e. The van der Waals surface area contributed by atoms with Gasteiger partial charge in [-0.3, -0.25) is 4.72 Å². The second-order valence-corrected chi connectivity index (χ2v) is 7.58. The number of sulfonamides is 1. The number of alkyl halides is 3. The smallest absolute Gasteiger partial charge is 0.416 e. The van der Waals surface area contributed by atoms with Gasteiger partial charge in [0.25, 0.3) is 10.0 Å². The maximum atomic E-state index is 12.7. The fourth-order valence-electron chi connectivity index (χ4n) is 1.72. The van der Waals surface area contributed by atoms with Crippen LogP contribution in [0.2, 0.25) is 4.34 Å². The lowest BCUT2D eigenvalue weighted by atomic mass is 10.2. The summed E-state index contributed by atoms with van der Waals surface area (Å²) in [5, 5.41) is 1.28. The van der Waals surface area contributed by atoms with E-state index in [2.05, 4.69) is 4.74 Å². The molecular formula is C13H9ClF3NO4S2. The quantitative estimate of drug-likeness (QED) is 0.788. The molecular weight excluding hydrogens is 391 g/mol. The Labute approximate surface area is 144 Å². The summed E-state index contributed by atoms with van der Waals surface area (Å²) in [4.78, 5) is 11.0. The van der Waals surface area contributed by atoms with Gasteiger partial charge in [-0.25, -0.2) is 13.2 Å². The molecule has 0 saturated carbocycles. The van der Waals surface area contributed by atoms with E-state index in [0.717, 1.165) is 36.6 Å². The summed E-state index contributed by atoms with van der Waals surface area (Å²) in [6.07, 6.45) is -4.69. The van der Waals surface area contributed by atoms with Crippen LogP contribution in [-0.4, -0.2) is 21.5 Å². The molecule has 0 unspecified atom stereocenters. The molecule has 1 heterocycles. The molecule has 0 atom stereocenters. The molecule has 11 heteroatoms. The third kappa shape index (κ3) is 3.82. The van der Waals surface area contributed by atoms with Gasteiger partial charge in [-0.1, -0.05) is 17.7 Å². The molecule has 0 aliphatic heterocycles. The zero-order valence-electron chi connectivity index (χ0n) is 11.8. The number of nitrogens with one attached hydrogen (secondary N) is 1. The first-order valence-electron chi connectivity index (χ1n) is 6.11.